The average Bonchev–Trinajstić information content (AvgIpc) is 2.51. The van der Waals surface area contributed by atoms with E-state index in [1.165, 1.54) is 12.8 Å². The third-order valence-electron chi connectivity index (χ3n) is 3.97. The van der Waals surface area contributed by atoms with E-state index in [9.17, 15) is 4.79 Å². The molecular weight excluding hydrogens is 274 g/mol. The van der Waals surface area contributed by atoms with Crippen LogP contribution in [0.25, 0.3) is 0 Å². The summed E-state index contributed by atoms with van der Waals surface area (Å²) >= 11 is 0. The van der Waals surface area contributed by atoms with Crippen LogP contribution < -0.4 is 10.6 Å². The van der Waals surface area contributed by atoms with E-state index in [0.717, 1.165) is 17.8 Å². The zero-order valence-corrected chi connectivity index (χ0v) is 14.7. The molecule has 0 unspecified atom stereocenters. The summed E-state index contributed by atoms with van der Waals surface area (Å²) in [5, 5.41) is 0. The highest BCUT2D eigenvalue weighted by Crippen LogP contribution is 2.18. The Labute approximate surface area is 135 Å². The number of benzene rings is 1. The van der Waals surface area contributed by atoms with E-state index in [0.29, 0.717) is 13.1 Å². The lowest BCUT2D eigenvalue weighted by atomic mass is 9.93. The van der Waals surface area contributed by atoms with E-state index < -0.39 is 0 Å². The number of unbranched alkanes of at least 4 members (excludes halogenated alkanes) is 1. The maximum Gasteiger partial charge on any atom is 0.253 e. The Morgan fingerprint density at radius 1 is 1.18 bits per heavy atom. The van der Waals surface area contributed by atoms with Gasteiger partial charge in [-0.15, -0.1) is 0 Å². The van der Waals surface area contributed by atoms with Crippen molar-refractivity contribution in [1.29, 1.82) is 0 Å². The van der Waals surface area contributed by atoms with Crippen LogP contribution in [0.3, 0.4) is 0 Å². The van der Waals surface area contributed by atoms with Gasteiger partial charge in [0.15, 0.2) is 0 Å². The topological polar surface area (TPSA) is 49.6 Å². The number of nitrogens with two attached hydrogens (primary N) is 1. The molecule has 0 saturated carbocycles. The molecule has 0 heterocycles. The van der Waals surface area contributed by atoms with Crippen LogP contribution in [0, 0.1) is 5.41 Å². The molecule has 0 saturated heterocycles. The van der Waals surface area contributed by atoms with Gasteiger partial charge >= 0.3 is 0 Å². The third-order valence-corrected chi connectivity index (χ3v) is 3.97. The lowest BCUT2D eigenvalue weighted by molar-refractivity contribution is 0.0740. The number of carbonyl (C=O) groups excluding carboxylic acids is 1. The van der Waals surface area contributed by atoms with Gasteiger partial charge in [0.2, 0.25) is 0 Å². The Bertz CT molecular complexity index is 468. The maximum atomic E-state index is 12.5. The number of nitrogens with zero attached hydrogens (tertiary/aromatic N) is 2. The van der Waals surface area contributed by atoms with Crippen LogP contribution >= 0.6 is 0 Å². The Kier molecular flexibility index (Phi) is 6.88. The molecule has 0 atom stereocenters. The van der Waals surface area contributed by atoms with Crippen LogP contribution in [0.5, 0.6) is 0 Å². The molecule has 124 valence electrons. The van der Waals surface area contributed by atoms with Crippen LogP contribution in [-0.2, 0) is 0 Å². The third kappa shape index (κ3) is 5.34. The quantitative estimate of drug-likeness (QED) is 0.803. The second-order valence-corrected chi connectivity index (χ2v) is 6.85. The molecule has 4 heteroatoms. The molecule has 0 bridgehead atoms. The van der Waals surface area contributed by atoms with Crippen molar-refractivity contribution in [3.8, 4) is 0 Å². The fourth-order valence-corrected chi connectivity index (χ4v) is 2.38. The molecule has 0 aromatic heterocycles. The Balaban J connectivity index is 2.71. The summed E-state index contributed by atoms with van der Waals surface area (Å²) < 4.78 is 0. The number of carbonyl (C=O) groups is 1. The van der Waals surface area contributed by atoms with Gasteiger partial charge in [-0.05, 0) is 42.6 Å². The first-order valence-corrected chi connectivity index (χ1v) is 8.07. The van der Waals surface area contributed by atoms with Crippen LogP contribution in [0.1, 0.15) is 44.0 Å². The normalized spacial score (nSPS) is 11.4. The largest absolute Gasteiger partial charge is 0.375 e. The van der Waals surface area contributed by atoms with Crippen molar-refractivity contribution in [2.75, 3.05) is 38.6 Å². The predicted octanol–water partition coefficient (Wildman–Crippen LogP) is 2.98. The molecular formula is C18H31N3O. The predicted molar refractivity (Wildman–Crippen MR) is 94.4 cm³/mol. The fraction of sp³-hybridized carbons (Fsp3) is 0.611. The maximum absolute atomic E-state index is 12.5. The van der Waals surface area contributed by atoms with Gasteiger partial charge in [0.1, 0.15) is 0 Å². The van der Waals surface area contributed by atoms with Crippen LogP contribution in [-0.4, -0.2) is 44.5 Å². The number of anilines is 1. The van der Waals surface area contributed by atoms with E-state index in [1.807, 2.05) is 31.3 Å². The van der Waals surface area contributed by atoms with Crippen LogP contribution in [0.4, 0.5) is 5.69 Å². The van der Waals surface area contributed by atoms with E-state index in [1.54, 1.807) is 4.90 Å². The first-order chi connectivity index (χ1) is 10.3. The second kappa shape index (κ2) is 8.18. The molecule has 22 heavy (non-hydrogen) atoms. The molecule has 1 aromatic carbocycles. The van der Waals surface area contributed by atoms with E-state index in [-0.39, 0.29) is 11.3 Å². The lowest BCUT2D eigenvalue weighted by Crippen LogP contribution is -2.39. The summed E-state index contributed by atoms with van der Waals surface area (Å²) in [7, 11) is 3.92. The van der Waals surface area contributed by atoms with Crippen molar-refractivity contribution in [3.05, 3.63) is 29.8 Å². The van der Waals surface area contributed by atoms with Crippen molar-refractivity contribution in [1.82, 2.24) is 4.90 Å². The van der Waals surface area contributed by atoms with Crippen molar-refractivity contribution in [3.63, 3.8) is 0 Å². The summed E-state index contributed by atoms with van der Waals surface area (Å²) in [5.41, 5.74) is 7.55. The average molecular weight is 305 g/mol. The van der Waals surface area contributed by atoms with Gasteiger partial charge in [0, 0.05) is 38.4 Å². The fourth-order valence-electron chi connectivity index (χ4n) is 2.38. The first kappa shape index (κ1) is 18.5. The molecule has 4 nitrogen and oxygen atoms in total. The Hall–Kier alpha value is -1.55. The minimum absolute atomic E-state index is 0.0456. The highest BCUT2D eigenvalue weighted by atomic mass is 16.2. The van der Waals surface area contributed by atoms with Crippen molar-refractivity contribution >= 4 is 11.6 Å². The van der Waals surface area contributed by atoms with Crippen molar-refractivity contribution in [2.45, 2.75) is 33.6 Å². The lowest BCUT2D eigenvalue weighted by Gasteiger charge is -2.29. The van der Waals surface area contributed by atoms with Crippen LogP contribution in [0.2, 0.25) is 0 Å². The number of rotatable bonds is 8. The number of amides is 1. The summed E-state index contributed by atoms with van der Waals surface area (Å²) in [5.74, 6) is 0.0456. The van der Waals surface area contributed by atoms with E-state index in [4.69, 9.17) is 5.73 Å². The molecule has 0 aliphatic heterocycles. The molecule has 0 radical (unpaired) electrons. The molecule has 2 N–H and O–H groups in total. The first-order valence-electron chi connectivity index (χ1n) is 8.07. The van der Waals surface area contributed by atoms with E-state index >= 15 is 0 Å². The standard InChI is InChI=1S/C18H31N3O/c1-6-7-12-20(4)16-10-8-15(9-11-16)17(22)21(5)14-18(2,3)13-19/h8-11H,6-7,12-14,19H2,1-5H3. The van der Waals surface area contributed by atoms with Gasteiger partial charge < -0.3 is 15.5 Å². The smallest absolute Gasteiger partial charge is 0.253 e. The summed E-state index contributed by atoms with van der Waals surface area (Å²) in [4.78, 5) is 16.4. The zero-order chi connectivity index (χ0) is 16.8. The second-order valence-electron chi connectivity index (χ2n) is 6.85. The molecule has 0 fully saturated rings. The molecule has 1 aromatic rings. The summed E-state index contributed by atoms with van der Waals surface area (Å²) in [6.45, 7) is 8.58. The van der Waals surface area contributed by atoms with Crippen LogP contribution in [0.15, 0.2) is 24.3 Å². The summed E-state index contributed by atoms with van der Waals surface area (Å²) in [6.07, 6.45) is 2.36. The Morgan fingerprint density at radius 3 is 2.27 bits per heavy atom. The van der Waals surface area contributed by atoms with Gasteiger partial charge in [0.05, 0.1) is 0 Å². The minimum atomic E-state index is -0.0648. The van der Waals surface area contributed by atoms with Gasteiger partial charge in [0.25, 0.3) is 5.91 Å². The molecule has 0 aliphatic carbocycles. The SMILES string of the molecule is CCCCN(C)c1ccc(C(=O)N(C)CC(C)(C)CN)cc1. The highest BCUT2D eigenvalue weighted by molar-refractivity contribution is 5.94. The zero-order valence-electron chi connectivity index (χ0n) is 14.7. The Morgan fingerprint density at radius 2 is 1.77 bits per heavy atom. The van der Waals surface area contributed by atoms with Gasteiger partial charge in [-0.2, -0.15) is 0 Å². The molecule has 1 amide bonds. The minimum Gasteiger partial charge on any atom is -0.375 e. The monoisotopic (exact) mass is 305 g/mol. The number of hydrogen-bond donors (Lipinski definition) is 1. The molecule has 1 rings (SSSR count). The number of hydrogen-bond acceptors (Lipinski definition) is 3. The van der Waals surface area contributed by atoms with Gasteiger partial charge in [-0.1, -0.05) is 27.2 Å². The van der Waals surface area contributed by atoms with Crippen molar-refractivity contribution in [2.24, 2.45) is 11.1 Å². The van der Waals surface area contributed by atoms with E-state index in [2.05, 4.69) is 32.7 Å². The molecule has 0 spiro atoms. The summed E-state index contributed by atoms with van der Waals surface area (Å²) in [6, 6.07) is 7.85. The van der Waals surface area contributed by atoms with Gasteiger partial charge in [-0.25, -0.2) is 0 Å². The highest BCUT2D eigenvalue weighted by Gasteiger charge is 2.21. The van der Waals surface area contributed by atoms with Gasteiger partial charge in [-0.3, -0.25) is 4.79 Å². The molecule has 0 aliphatic rings. The van der Waals surface area contributed by atoms with Crippen molar-refractivity contribution < 1.29 is 4.79 Å².